The Morgan fingerprint density at radius 3 is 2.63 bits per heavy atom. The lowest BCUT2D eigenvalue weighted by molar-refractivity contribution is -0.0205. The van der Waals surface area contributed by atoms with Gasteiger partial charge in [0.1, 0.15) is 12.2 Å². The lowest BCUT2D eigenvalue weighted by Crippen LogP contribution is -2.50. The van der Waals surface area contributed by atoms with Gasteiger partial charge in [0.05, 0.1) is 18.8 Å². The number of hydrogen-bond acceptors (Lipinski definition) is 5. The quantitative estimate of drug-likeness (QED) is 0.511. The van der Waals surface area contributed by atoms with Crippen molar-refractivity contribution in [2.24, 2.45) is 0 Å². The molecule has 0 saturated carbocycles. The molecule has 1 heterocycles. The van der Waals surface area contributed by atoms with Crippen LogP contribution >= 0.6 is 11.6 Å². The van der Waals surface area contributed by atoms with Gasteiger partial charge in [0.15, 0.2) is 0 Å². The number of aliphatic hydroxyl groups is 2. The molecule has 1 saturated heterocycles. The molecule has 4 unspecified atom stereocenters. The normalized spacial score (nSPS) is 23.5. The number of amides is 2. The molecule has 2 aromatic rings. The van der Waals surface area contributed by atoms with Crippen LogP contribution in [0.1, 0.15) is 5.56 Å². The SMILES string of the molecule is CN(CCc1ccccc1)C1C(CNC(=O)Nc2cccc(Cl)c2)OC(CO)C1O. The highest BCUT2D eigenvalue weighted by atomic mass is 35.5. The number of urea groups is 1. The van der Waals surface area contributed by atoms with Gasteiger partial charge in [-0.2, -0.15) is 0 Å². The largest absolute Gasteiger partial charge is 0.394 e. The average Bonchev–Trinajstić information content (AvgIpc) is 3.06. The van der Waals surface area contributed by atoms with Gasteiger partial charge in [-0.3, -0.25) is 4.90 Å². The molecule has 0 aliphatic carbocycles. The second kappa shape index (κ2) is 10.7. The van der Waals surface area contributed by atoms with Crippen molar-refractivity contribution >= 4 is 23.3 Å². The average molecular weight is 434 g/mol. The van der Waals surface area contributed by atoms with Crippen LogP contribution in [0.2, 0.25) is 5.02 Å². The Balaban J connectivity index is 1.57. The van der Waals surface area contributed by atoms with Crippen molar-refractivity contribution in [3.05, 3.63) is 65.2 Å². The molecule has 2 amide bonds. The third kappa shape index (κ3) is 5.93. The van der Waals surface area contributed by atoms with E-state index < -0.39 is 24.3 Å². The monoisotopic (exact) mass is 433 g/mol. The van der Waals surface area contributed by atoms with Crippen LogP contribution in [-0.4, -0.2) is 72.2 Å². The van der Waals surface area contributed by atoms with Gasteiger partial charge < -0.3 is 25.6 Å². The zero-order valence-electron chi connectivity index (χ0n) is 16.9. The predicted molar refractivity (Wildman–Crippen MR) is 117 cm³/mol. The Labute approximate surface area is 181 Å². The standard InChI is InChI=1S/C22H28ClN3O4/c1-26(11-10-15-6-3-2-4-7-15)20-18(30-19(14-27)21(20)28)13-24-22(29)25-17-9-5-8-16(23)12-17/h2-9,12,18-21,27-28H,10-11,13-14H2,1H3,(H2,24,25,29). The molecule has 1 aliphatic heterocycles. The maximum Gasteiger partial charge on any atom is 0.319 e. The number of anilines is 1. The highest BCUT2D eigenvalue weighted by molar-refractivity contribution is 6.30. The van der Waals surface area contributed by atoms with Gasteiger partial charge >= 0.3 is 6.03 Å². The van der Waals surface area contributed by atoms with E-state index in [1.165, 1.54) is 5.56 Å². The first kappa shape index (κ1) is 22.5. The van der Waals surface area contributed by atoms with E-state index in [1.807, 2.05) is 30.1 Å². The zero-order chi connectivity index (χ0) is 21.5. The summed E-state index contributed by atoms with van der Waals surface area (Å²) in [6.07, 6.45) is -1.17. The first-order chi connectivity index (χ1) is 14.5. The summed E-state index contributed by atoms with van der Waals surface area (Å²) in [5, 5.41) is 26.2. The molecule has 4 atom stereocenters. The van der Waals surface area contributed by atoms with Crippen molar-refractivity contribution in [2.45, 2.75) is 30.8 Å². The molecule has 1 aliphatic rings. The van der Waals surface area contributed by atoms with Crippen LogP contribution in [0.15, 0.2) is 54.6 Å². The Hall–Kier alpha value is -2.16. The summed E-state index contributed by atoms with van der Waals surface area (Å²) in [7, 11) is 1.92. The van der Waals surface area contributed by atoms with Crippen LogP contribution in [0.25, 0.3) is 0 Å². The minimum absolute atomic E-state index is 0.195. The van der Waals surface area contributed by atoms with E-state index in [0.717, 1.165) is 6.42 Å². The number of nitrogens with one attached hydrogen (secondary N) is 2. The zero-order valence-corrected chi connectivity index (χ0v) is 17.6. The minimum atomic E-state index is -0.849. The van der Waals surface area contributed by atoms with Gasteiger partial charge in [0, 0.05) is 23.8 Å². The van der Waals surface area contributed by atoms with E-state index in [2.05, 4.69) is 22.8 Å². The Morgan fingerprint density at radius 1 is 1.17 bits per heavy atom. The molecule has 30 heavy (non-hydrogen) atoms. The molecule has 0 radical (unpaired) electrons. The molecule has 0 bridgehead atoms. The molecular weight excluding hydrogens is 406 g/mol. The Bertz CT molecular complexity index is 823. The number of carbonyl (C=O) groups is 1. The van der Waals surface area contributed by atoms with Crippen molar-refractivity contribution < 1.29 is 19.7 Å². The van der Waals surface area contributed by atoms with E-state index in [1.54, 1.807) is 24.3 Å². The van der Waals surface area contributed by atoms with E-state index in [4.69, 9.17) is 16.3 Å². The van der Waals surface area contributed by atoms with E-state index in [-0.39, 0.29) is 19.2 Å². The highest BCUT2D eigenvalue weighted by Gasteiger charge is 2.45. The van der Waals surface area contributed by atoms with Crippen molar-refractivity contribution in [3.63, 3.8) is 0 Å². The minimum Gasteiger partial charge on any atom is -0.394 e. The van der Waals surface area contributed by atoms with Gasteiger partial charge in [-0.05, 0) is 37.2 Å². The summed E-state index contributed by atoms with van der Waals surface area (Å²) in [5.41, 5.74) is 1.78. The summed E-state index contributed by atoms with van der Waals surface area (Å²) in [6.45, 7) is 0.619. The fourth-order valence-corrected chi connectivity index (χ4v) is 3.91. The van der Waals surface area contributed by atoms with Gasteiger partial charge in [-0.15, -0.1) is 0 Å². The second-order valence-electron chi connectivity index (χ2n) is 7.44. The number of likely N-dealkylation sites (N-methyl/N-ethyl adjacent to an activating group) is 1. The fourth-order valence-electron chi connectivity index (χ4n) is 3.72. The Kier molecular flexibility index (Phi) is 8.07. The van der Waals surface area contributed by atoms with Crippen LogP contribution in [0, 0.1) is 0 Å². The number of carbonyl (C=O) groups excluding carboxylic acids is 1. The molecule has 0 spiro atoms. The number of ether oxygens (including phenoxy) is 1. The van der Waals surface area contributed by atoms with Crippen LogP contribution in [0.3, 0.4) is 0 Å². The lowest BCUT2D eigenvalue weighted by atomic mass is 10.0. The maximum atomic E-state index is 12.3. The first-order valence-corrected chi connectivity index (χ1v) is 10.3. The Morgan fingerprint density at radius 2 is 1.93 bits per heavy atom. The van der Waals surface area contributed by atoms with E-state index in [0.29, 0.717) is 17.3 Å². The smallest absolute Gasteiger partial charge is 0.319 e. The maximum absolute atomic E-state index is 12.3. The van der Waals surface area contributed by atoms with Crippen molar-refractivity contribution in [3.8, 4) is 0 Å². The number of hydrogen-bond donors (Lipinski definition) is 4. The molecule has 162 valence electrons. The first-order valence-electron chi connectivity index (χ1n) is 9.97. The predicted octanol–water partition coefficient (Wildman–Crippen LogP) is 2.13. The summed E-state index contributed by atoms with van der Waals surface area (Å²) in [6, 6.07) is 16.2. The number of nitrogens with zero attached hydrogens (tertiary/aromatic N) is 1. The summed E-state index contributed by atoms with van der Waals surface area (Å²) in [4.78, 5) is 14.3. The van der Waals surface area contributed by atoms with Crippen molar-refractivity contribution in [1.29, 1.82) is 0 Å². The van der Waals surface area contributed by atoms with Crippen molar-refractivity contribution in [2.75, 3.05) is 32.1 Å². The molecule has 1 fully saturated rings. The summed E-state index contributed by atoms with van der Waals surface area (Å²) in [5.74, 6) is 0. The lowest BCUT2D eigenvalue weighted by Gasteiger charge is -2.30. The molecule has 0 aromatic heterocycles. The molecule has 7 nitrogen and oxygen atoms in total. The van der Waals surface area contributed by atoms with Gasteiger partial charge in [0.2, 0.25) is 0 Å². The van der Waals surface area contributed by atoms with Crippen LogP contribution < -0.4 is 10.6 Å². The summed E-state index contributed by atoms with van der Waals surface area (Å²) >= 11 is 5.94. The van der Waals surface area contributed by atoms with Crippen LogP contribution in [-0.2, 0) is 11.2 Å². The third-order valence-corrected chi connectivity index (χ3v) is 5.53. The highest BCUT2D eigenvalue weighted by Crippen LogP contribution is 2.25. The molecule has 8 heteroatoms. The van der Waals surface area contributed by atoms with Crippen LogP contribution in [0.5, 0.6) is 0 Å². The second-order valence-corrected chi connectivity index (χ2v) is 7.87. The number of rotatable bonds is 8. The van der Waals surface area contributed by atoms with E-state index in [9.17, 15) is 15.0 Å². The van der Waals surface area contributed by atoms with Gasteiger partial charge in [-0.1, -0.05) is 48.0 Å². The van der Waals surface area contributed by atoms with Crippen molar-refractivity contribution in [1.82, 2.24) is 10.2 Å². The van der Waals surface area contributed by atoms with Crippen LogP contribution in [0.4, 0.5) is 10.5 Å². The number of benzene rings is 2. The topological polar surface area (TPSA) is 94.1 Å². The third-order valence-electron chi connectivity index (χ3n) is 5.29. The number of halogens is 1. The van der Waals surface area contributed by atoms with E-state index >= 15 is 0 Å². The number of aliphatic hydroxyl groups excluding tert-OH is 2. The van der Waals surface area contributed by atoms with Gasteiger partial charge in [0.25, 0.3) is 0 Å². The molecule has 4 N–H and O–H groups in total. The fraction of sp³-hybridized carbons (Fsp3) is 0.409. The molecule has 2 aromatic carbocycles. The molecular formula is C22H28ClN3O4. The van der Waals surface area contributed by atoms with Gasteiger partial charge in [-0.25, -0.2) is 4.79 Å². The molecule has 3 rings (SSSR count). The summed E-state index contributed by atoms with van der Waals surface area (Å²) < 4.78 is 5.82.